The summed E-state index contributed by atoms with van der Waals surface area (Å²) in [5.74, 6) is 0.413. The van der Waals surface area contributed by atoms with E-state index >= 15 is 0 Å². The van der Waals surface area contributed by atoms with Gasteiger partial charge >= 0.3 is 5.51 Å². The third-order valence-corrected chi connectivity index (χ3v) is 5.84. The highest BCUT2D eigenvalue weighted by Crippen LogP contribution is 2.33. The molecule has 0 aliphatic heterocycles. The number of halogens is 3. The van der Waals surface area contributed by atoms with Crippen LogP contribution in [0, 0.1) is 11.8 Å². The molecule has 0 amide bonds. The second-order valence-electron chi connectivity index (χ2n) is 7.35. The van der Waals surface area contributed by atoms with Gasteiger partial charge in [0.25, 0.3) is 0 Å². The van der Waals surface area contributed by atoms with Crippen molar-refractivity contribution >= 4 is 11.8 Å². The number of rotatable bonds is 16. The average molecular weight is 381 g/mol. The molecule has 0 saturated heterocycles. The van der Waals surface area contributed by atoms with Crippen LogP contribution in [-0.2, 0) is 0 Å². The predicted octanol–water partition coefficient (Wildman–Crippen LogP) is 8.77. The molecule has 0 aliphatic carbocycles. The van der Waals surface area contributed by atoms with Crippen molar-refractivity contribution in [2.24, 2.45) is 11.8 Å². The Morgan fingerprint density at radius 2 is 1.28 bits per heavy atom. The first-order valence-corrected chi connectivity index (χ1v) is 11.2. The Morgan fingerprint density at radius 3 is 1.76 bits per heavy atom. The van der Waals surface area contributed by atoms with E-state index in [1.54, 1.807) is 0 Å². The Morgan fingerprint density at radius 1 is 0.800 bits per heavy atom. The molecule has 4 heteroatoms. The van der Waals surface area contributed by atoms with Gasteiger partial charge in [-0.3, -0.25) is 0 Å². The van der Waals surface area contributed by atoms with E-state index in [1.807, 2.05) is 13.8 Å². The summed E-state index contributed by atoms with van der Waals surface area (Å²) in [4.78, 5) is 0. The van der Waals surface area contributed by atoms with Gasteiger partial charge in [-0.25, -0.2) is 0 Å². The fourth-order valence-corrected chi connectivity index (χ4v) is 3.56. The Labute approximate surface area is 158 Å². The van der Waals surface area contributed by atoms with Crippen LogP contribution in [0.3, 0.4) is 0 Å². The van der Waals surface area contributed by atoms with Gasteiger partial charge in [0, 0.05) is 5.75 Å². The molecule has 2 unspecified atom stereocenters. The second kappa shape index (κ2) is 16.1. The van der Waals surface area contributed by atoms with Gasteiger partial charge in [-0.05, 0) is 24.7 Å². The van der Waals surface area contributed by atoms with Crippen molar-refractivity contribution in [1.29, 1.82) is 0 Å². The molecule has 150 valence electrons. The molecular formula is C21H39F3S. The van der Waals surface area contributed by atoms with Crippen molar-refractivity contribution in [3.63, 3.8) is 0 Å². The summed E-state index contributed by atoms with van der Waals surface area (Å²) < 4.78 is 36.6. The standard InChI is InChI=1S/C21H39F3S/c1-4-5-6-7-8-9-10-11-12-13-14-15-16-17-19(2)20(3)18-25-21(22,23)24/h16-17,19-20H,4-15,18H2,1-3H3/b17-16+. The Bertz CT molecular complexity index is 313. The van der Waals surface area contributed by atoms with Gasteiger partial charge in [-0.15, -0.1) is 0 Å². The third kappa shape index (κ3) is 18.5. The van der Waals surface area contributed by atoms with Crippen LogP contribution in [0.2, 0.25) is 0 Å². The molecule has 0 aromatic rings. The maximum atomic E-state index is 12.2. The molecule has 0 saturated carbocycles. The molecule has 25 heavy (non-hydrogen) atoms. The van der Waals surface area contributed by atoms with Crippen molar-refractivity contribution in [3.8, 4) is 0 Å². The van der Waals surface area contributed by atoms with Gasteiger partial charge in [-0.2, -0.15) is 13.2 Å². The smallest absolute Gasteiger partial charge is 0.160 e. The predicted molar refractivity (Wildman–Crippen MR) is 107 cm³/mol. The highest BCUT2D eigenvalue weighted by Gasteiger charge is 2.29. The SMILES string of the molecule is CCCCCCCCCCCCC/C=C/C(C)C(C)CSC(F)(F)F. The first-order chi connectivity index (χ1) is 11.9. The number of alkyl halides is 3. The Hall–Kier alpha value is -0.120. The van der Waals surface area contributed by atoms with E-state index in [0.717, 1.165) is 6.42 Å². The average Bonchev–Trinajstić information content (AvgIpc) is 2.56. The molecule has 0 heterocycles. The summed E-state index contributed by atoms with van der Waals surface area (Å²) >= 11 is 0.0981. The van der Waals surface area contributed by atoms with Crippen LogP contribution in [0.4, 0.5) is 13.2 Å². The fourth-order valence-electron chi connectivity index (χ4n) is 2.80. The van der Waals surface area contributed by atoms with Crippen LogP contribution in [0.15, 0.2) is 12.2 Å². The minimum absolute atomic E-state index is 0.0557. The number of allylic oxidation sites excluding steroid dienone is 2. The molecule has 0 fully saturated rings. The topological polar surface area (TPSA) is 0 Å². The van der Waals surface area contributed by atoms with Crippen LogP contribution in [0.25, 0.3) is 0 Å². The summed E-state index contributed by atoms with van der Waals surface area (Å²) in [6.07, 6.45) is 20.1. The molecule has 0 aromatic heterocycles. The number of hydrogen-bond donors (Lipinski definition) is 0. The molecular weight excluding hydrogens is 341 g/mol. The van der Waals surface area contributed by atoms with Crippen LogP contribution in [0.1, 0.15) is 97.8 Å². The molecule has 0 nitrogen and oxygen atoms in total. The first kappa shape index (κ1) is 24.9. The Kier molecular flexibility index (Phi) is 16.0. The third-order valence-electron chi connectivity index (χ3n) is 4.82. The minimum atomic E-state index is -4.10. The summed E-state index contributed by atoms with van der Waals surface area (Å²) in [6.45, 7) is 6.16. The van der Waals surface area contributed by atoms with Gasteiger partial charge in [0.05, 0.1) is 0 Å². The van der Waals surface area contributed by atoms with Gasteiger partial charge in [0.1, 0.15) is 0 Å². The lowest BCUT2D eigenvalue weighted by Gasteiger charge is -2.16. The lowest BCUT2D eigenvalue weighted by Crippen LogP contribution is -2.12. The monoisotopic (exact) mass is 380 g/mol. The number of unbranched alkanes of at least 4 members (excludes halogenated alkanes) is 11. The molecule has 0 N–H and O–H groups in total. The van der Waals surface area contributed by atoms with E-state index in [4.69, 9.17) is 0 Å². The minimum Gasteiger partial charge on any atom is -0.160 e. The van der Waals surface area contributed by atoms with Crippen molar-refractivity contribution < 1.29 is 13.2 Å². The maximum Gasteiger partial charge on any atom is 0.441 e. The van der Waals surface area contributed by atoms with Crippen molar-refractivity contribution in [2.45, 2.75) is 103 Å². The van der Waals surface area contributed by atoms with Gasteiger partial charge in [-0.1, -0.05) is 109 Å². The molecule has 0 spiro atoms. The zero-order valence-corrected chi connectivity index (χ0v) is 17.4. The first-order valence-electron chi connectivity index (χ1n) is 10.2. The van der Waals surface area contributed by atoms with Gasteiger partial charge in [0.15, 0.2) is 0 Å². The van der Waals surface area contributed by atoms with Gasteiger partial charge < -0.3 is 0 Å². The molecule has 2 atom stereocenters. The summed E-state index contributed by atoms with van der Waals surface area (Å²) in [5.41, 5.74) is -4.10. The largest absolute Gasteiger partial charge is 0.441 e. The lowest BCUT2D eigenvalue weighted by molar-refractivity contribution is -0.0330. The van der Waals surface area contributed by atoms with E-state index in [1.165, 1.54) is 70.6 Å². The summed E-state index contributed by atoms with van der Waals surface area (Å²) in [6, 6.07) is 0. The quantitative estimate of drug-likeness (QED) is 0.190. The summed E-state index contributed by atoms with van der Waals surface area (Å²) in [5, 5.41) is 0. The second-order valence-corrected chi connectivity index (χ2v) is 8.43. The zero-order chi connectivity index (χ0) is 19.0. The Balaban J connectivity index is 3.44. The number of thioether (sulfide) groups is 1. The lowest BCUT2D eigenvalue weighted by atomic mass is 9.97. The maximum absolute atomic E-state index is 12.2. The molecule has 0 bridgehead atoms. The van der Waals surface area contributed by atoms with Crippen LogP contribution in [0.5, 0.6) is 0 Å². The summed E-state index contributed by atoms with van der Waals surface area (Å²) in [7, 11) is 0. The van der Waals surface area contributed by atoms with Crippen LogP contribution in [-0.4, -0.2) is 11.3 Å². The van der Waals surface area contributed by atoms with Gasteiger partial charge in [0.2, 0.25) is 0 Å². The number of hydrogen-bond acceptors (Lipinski definition) is 1. The van der Waals surface area contributed by atoms with Crippen LogP contribution >= 0.6 is 11.8 Å². The van der Waals surface area contributed by atoms with E-state index in [2.05, 4.69) is 19.1 Å². The molecule has 0 radical (unpaired) electrons. The molecule has 0 aliphatic rings. The van der Waals surface area contributed by atoms with Crippen LogP contribution < -0.4 is 0 Å². The van der Waals surface area contributed by atoms with Crippen molar-refractivity contribution in [1.82, 2.24) is 0 Å². The van der Waals surface area contributed by atoms with E-state index in [9.17, 15) is 13.2 Å². The van der Waals surface area contributed by atoms with E-state index in [-0.39, 0.29) is 29.4 Å². The zero-order valence-electron chi connectivity index (χ0n) is 16.5. The van der Waals surface area contributed by atoms with Crippen molar-refractivity contribution in [2.75, 3.05) is 5.75 Å². The van der Waals surface area contributed by atoms with E-state index in [0.29, 0.717) is 0 Å². The molecule has 0 aromatic carbocycles. The highest BCUT2D eigenvalue weighted by atomic mass is 32.2. The highest BCUT2D eigenvalue weighted by molar-refractivity contribution is 8.00. The van der Waals surface area contributed by atoms with Crippen molar-refractivity contribution in [3.05, 3.63) is 12.2 Å². The fraction of sp³-hybridized carbons (Fsp3) is 0.905. The van der Waals surface area contributed by atoms with E-state index < -0.39 is 5.51 Å². The normalized spacial score (nSPS) is 15.0. The molecule has 0 rings (SSSR count).